The zero-order valence-corrected chi connectivity index (χ0v) is 12.5. The van der Waals surface area contributed by atoms with E-state index in [0.717, 1.165) is 9.13 Å². The Kier molecular flexibility index (Phi) is 4.06. The van der Waals surface area contributed by atoms with E-state index < -0.39 is 0 Å². The lowest BCUT2D eigenvalue weighted by Gasteiger charge is -2.08. The maximum absolute atomic E-state index is 6.10. The van der Waals surface area contributed by atoms with Crippen LogP contribution in [0.25, 0.3) is 0 Å². The molecule has 0 bridgehead atoms. The molecule has 1 N–H and O–H groups in total. The van der Waals surface area contributed by atoms with Gasteiger partial charge in [0.15, 0.2) is 0 Å². The van der Waals surface area contributed by atoms with Gasteiger partial charge in [-0.2, -0.15) is 0 Å². The van der Waals surface area contributed by atoms with E-state index in [1.807, 2.05) is 6.92 Å². The van der Waals surface area contributed by atoms with Gasteiger partial charge in [0.05, 0.1) is 10.7 Å². The number of rotatable bonds is 2. The first-order valence-electron chi connectivity index (χ1n) is 4.76. The van der Waals surface area contributed by atoms with Crippen LogP contribution >= 0.6 is 45.8 Å². The molecule has 0 amide bonds. The number of nitrogens with one attached hydrogen (secondary N) is 1. The number of benzene rings is 1. The van der Waals surface area contributed by atoms with Gasteiger partial charge in [-0.1, -0.05) is 23.2 Å². The second-order valence-corrected chi connectivity index (χ2v) is 5.49. The van der Waals surface area contributed by atoms with Gasteiger partial charge in [0.1, 0.15) is 0 Å². The molecule has 2 aromatic rings. The predicted molar refractivity (Wildman–Crippen MR) is 79.2 cm³/mol. The third-order valence-electron chi connectivity index (χ3n) is 2.12. The molecular weight excluding hydrogens is 372 g/mol. The van der Waals surface area contributed by atoms with Crippen LogP contribution in [-0.2, 0) is 0 Å². The third kappa shape index (κ3) is 3.20. The highest BCUT2D eigenvalue weighted by Gasteiger charge is 2.06. The van der Waals surface area contributed by atoms with Crippen molar-refractivity contribution in [1.29, 1.82) is 0 Å². The highest BCUT2D eigenvalue weighted by Crippen LogP contribution is 2.30. The van der Waals surface area contributed by atoms with Crippen molar-refractivity contribution in [3.05, 3.63) is 43.7 Å². The molecule has 1 aromatic heterocycles. The summed E-state index contributed by atoms with van der Waals surface area (Å²) < 4.78 is 0.973. The Morgan fingerprint density at radius 2 is 1.76 bits per heavy atom. The van der Waals surface area contributed by atoms with E-state index in [4.69, 9.17) is 23.2 Å². The first-order valence-corrected chi connectivity index (χ1v) is 6.60. The lowest BCUT2D eigenvalue weighted by Crippen LogP contribution is -1.97. The van der Waals surface area contributed by atoms with Crippen LogP contribution in [0.5, 0.6) is 0 Å². The lowest BCUT2D eigenvalue weighted by molar-refractivity contribution is 1.15. The van der Waals surface area contributed by atoms with E-state index in [9.17, 15) is 0 Å². The SMILES string of the molecule is Cc1cc(Cl)c(Nc2ncc(I)cn2)cc1Cl. The van der Waals surface area contributed by atoms with Gasteiger partial charge in [-0.25, -0.2) is 9.97 Å². The Labute approximate surface area is 123 Å². The van der Waals surface area contributed by atoms with Gasteiger partial charge in [-0.3, -0.25) is 0 Å². The molecule has 0 fully saturated rings. The monoisotopic (exact) mass is 379 g/mol. The fourth-order valence-electron chi connectivity index (χ4n) is 1.24. The Morgan fingerprint density at radius 3 is 2.41 bits per heavy atom. The predicted octanol–water partition coefficient (Wildman–Crippen LogP) is 4.44. The van der Waals surface area contributed by atoms with Crippen molar-refractivity contribution in [2.24, 2.45) is 0 Å². The molecule has 0 spiro atoms. The quantitative estimate of drug-likeness (QED) is 0.784. The molecule has 6 heteroatoms. The standard InChI is InChI=1S/C11H8Cl2IN3/c1-6-2-9(13)10(3-8(6)12)17-11-15-4-7(14)5-16-11/h2-5H,1H3,(H,15,16,17). The van der Waals surface area contributed by atoms with Crippen LogP contribution in [-0.4, -0.2) is 9.97 Å². The van der Waals surface area contributed by atoms with Crippen molar-refractivity contribution < 1.29 is 0 Å². The molecule has 0 unspecified atom stereocenters. The number of anilines is 2. The Hall–Kier alpha value is -0.590. The van der Waals surface area contributed by atoms with Crippen LogP contribution < -0.4 is 5.32 Å². The minimum absolute atomic E-state index is 0.493. The molecule has 17 heavy (non-hydrogen) atoms. The number of halogens is 3. The van der Waals surface area contributed by atoms with E-state index >= 15 is 0 Å². The van der Waals surface area contributed by atoms with Gasteiger partial charge in [-0.05, 0) is 47.2 Å². The van der Waals surface area contributed by atoms with E-state index in [1.165, 1.54) is 0 Å². The normalized spacial score (nSPS) is 10.4. The maximum atomic E-state index is 6.10. The summed E-state index contributed by atoms with van der Waals surface area (Å²) >= 11 is 14.3. The Balaban J connectivity index is 2.30. The highest BCUT2D eigenvalue weighted by atomic mass is 127. The molecule has 1 heterocycles. The zero-order valence-electron chi connectivity index (χ0n) is 8.84. The summed E-state index contributed by atoms with van der Waals surface area (Å²) in [5.74, 6) is 0.493. The van der Waals surface area contributed by atoms with Crippen LogP contribution in [0.3, 0.4) is 0 Å². The number of aryl methyl sites for hydroxylation is 1. The van der Waals surface area contributed by atoms with Gasteiger partial charge in [0.25, 0.3) is 0 Å². The maximum Gasteiger partial charge on any atom is 0.227 e. The van der Waals surface area contributed by atoms with Crippen molar-refractivity contribution in [3.8, 4) is 0 Å². The van der Waals surface area contributed by atoms with Crippen molar-refractivity contribution in [3.63, 3.8) is 0 Å². The van der Waals surface area contributed by atoms with E-state index in [1.54, 1.807) is 24.5 Å². The summed E-state index contributed by atoms with van der Waals surface area (Å²) in [5, 5.41) is 4.27. The molecule has 0 aliphatic heterocycles. The summed E-state index contributed by atoms with van der Waals surface area (Å²) in [6.07, 6.45) is 3.44. The van der Waals surface area contributed by atoms with Gasteiger partial charge in [0.2, 0.25) is 5.95 Å². The molecule has 2 rings (SSSR count). The van der Waals surface area contributed by atoms with Gasteiger partial charge in [-0.15, -0.1) is 0 Å². The minimum atomic E-state index is 0.493. The minimum Gasteiger partial charge on any atom is -0.323 e. The topological polar surface area (TPSA) is 37.8 Å². The lowest BCUT2D eigenvalue weighted by atomic mass is 10.2. The van der Waals surface area contributed by atoms with Gasteiger partial charge < -0.3 is 5.32 Å². The van der Waals surface area contributed by atoms with Crippen molar-refractivity contribution in [1.82, 2.24) is 9.97 Å². The number of hydrogen-bond acceptors (Lipinski definition) is 3. The van der Waals surface area contributed by atoms with Crippen LogP contribution in [0.15, 0.2) is 24.5 Å². The fourth-order valence-corrected chi connectivity index (χ4v) is 1.95. The molecule has 0 saturated heterocycles. The van der Waals surface area contributed by atoms with Gasteiger partial charge in [0, 0.05) is 21.0 Å². The first-order chi connectivity index (χ1) is 8.06. The van der Waals surface area contributed by atoms with Crippen LogP contribution in [0, 0.1) is 10.5 Å². The largest absolute Gasteiger partial charge is 0.323 e. The van der Waals surface area contributed by atoms with Crippen LogP contribution in [0.2, 0.25) is 10.0 Å². The molecular formula is C11H8Cl2IN3. The van der Waals surface area contributed by atoms with Crippen LogP contribution in [0.4, 0.5) is 11.6 Å². The number of hydrogen-bond donors (Lipinski definition) is 1. The van der Waals surface area contributed by atoms with Crippen molar-refractivity contribution in [2.45, 2.75) is 6.92 Å². The third-order valence-corrected chi connectivity index (χ3v) is 3.39. The smallest absolute Gasteiger partial charge is 0.227 e. The molecule has 0 aliphatic carbocycles. The Bertz CT molecular complexity index is 543. The highest BCUT2D eigenvalue weighted by molar-refractivity contribution is 14.1. The summed E-state index contributed by atoms with van der Waals surface area (Å²) in [5.41, 5.74) is 1.63. The summed E-state index contributed by atoms with van der Waals surface area (Å²) in [6.45, 7) is 1.90. The van der Waals surface area contributed by atoms with E-state index in [2.05, 4.69) is 37.9 Å². The molecule has 1 aromatic carbocycles. The van der Waals surface area contributed by atoms with E-state index in [-0.39, 0.29) is 0 Å². The second-order valence-electron chi connectivity index (χ2n) is 3.43. The summed E-state index contributed by atoms with van der Waals surface area (Å²) in [6, 6.07) is 3.57. The van der Waals surface area contributed by atoms with Gasteiger partial charge >= 0.3 is 0 Å². The average molecular weight is 380 g/mol. The number of aromatic nitrogens is 2. The molecule has 0 aliphatic rings. The Morgan fingerprint density at radius 1 is 1.12 bits per heavy atom. The molecule has 0 saturated carbocycles. The molecule has 3 nitrogen and oxygen atoms in total. The number of nitrogens with zero attached hydrogens (tertiary/aromatic N) is 2. The summed E-state index contributed by atoms with van der Waals surface area (Å²) in [4.78, 5) is 8.27. The molecule has 88 valence electrons. The second kappa shape index (κ2) is 5.37. The van der Waals surface area contributed by atoms with E-state index in [0.29, 0.717) is 21.7 Å². The zero-order chi connectivity index (χ0) is 12.4. The fraction of sp³-hybridized carbons (Fsp3) is 0.0909. The summed E-state index contributed by atoms with van der Waals surface area (Å²) in [7, 11) is 0. The van der Waals surface area contributed by atoms with Crippen LogP contribution in [0.1, 0.15) is 5.56 Å². The first kappa shape index (κ1) is 12.9. The molecule has 0 radical (unpaired) electrons. The average Bonchev–Trinajstić information content (AvgIpc) is 2.29. The van der Waals surface area contributed by atoms with Crippen molar-refractivity contribution >= 4 is 57.4 Å². The molecule has 0 atom stereocenters. The van der Waals surface area contributed by atoms with Crippen molar-refractivity contribution in [2.75, 3.05) is 5.32 Å².